The Morgan fingerprint density at radius 3 is 2.45 bits per heavy atom. The van der Waals surface area contributed by atoms with Crippen LogP contribution in [-0.2, 0) is 9.53 Å². The number of ether oxygens (including phenoxy) is 1. The van der Waals surface area contributed by atoms with Crippen LogP contribution >= 0.6 is 0 Å². The first kappa shape index (κ1) is 36.1. The number of nitrogens with zero attached hydrogens (tertiary/aromatic N) is 1. The summed E-state index contributed by atoms with van der Waals surface area (Å²) in [6.07, 6.45) is 4.85. The number of likely N-dealkylation sites (tertiary alicyclic amines) is 1. The fourth-order valence-corrected chi connectivity index (χ4v) is 7.47. The number of aliphatic hydroxyl groups is 1. The first-order valence-electron chi connectivity index (χ1n) is 18.2. The maximum absolute atomic E-state index is 12.7. The van der Waals surface area contributed by atoms with E-state index in [9.17, 15) is 24.6 Å². The SMILES string of the molecule is O=C(CCN1CCC(OC(=O)Nc2ccccc2-c2ccccc2)CC1)NCC1CCCC(CNCC(O)c2ccc(O)c3[nH]c(=O)ccc23)C1. The number of anilines is 1. The van der Waals surface area contributed by atoms with E-state index in [1.165, 1.54) is 12.1 Å². The number of hydrogen-bond acceptors (Lipinski definition) is 8. The Balaban J connectivity index is 0.854. The molecule has 0 spiro atoms. The number of pyridine rings is 1. The normalized spacial score (nSPS) is 19.0. The number of amides is 2. The number of fused-ring (bicyclic) bond motifs is 1. The lowest BCUT2D eigenvalue weighted by atomic mass is 9.81. The topological polar surface area (TPSA) is 156 Å². The van der Waals surface area contributed by atoms with Crippen molar-refractivity contribution in [3.8, 4) is 16.9 Å². The van der Waals surface area contributed by atoms with Gasteiger partial charge in [0.15, 0.2) is 0 Å². The predicted octanol–water partition coefficient (Wildman–Crippen LogP) is 5.55. The highest BCUT2D eigenvalue weighted by Gasteiger charge is 2.25. The Labute approximate surface area is 298 Å². The van der Waals surface area contributed by atoms with E-state index in [-0.39, 0.29) is 23.3 Å². The van der Waals surface area contributed by atoms with Crippen LogP contribution < -0.4 is 21.5 Å². The molecule has 2 amide bonds. The Morgan fingerprint density at radius 2 is 1.65 bits per heavy atom. The van der Waals surface area contributed by atoms with Gasteiger partial charge in [-0.3, -0.25) is 14.9 Å². The third-order valence-electron chi connectivity index (χ3n) is 10.2. The molecule has 1 saturated carbocycles. The third kappa shape index (κ3) is 9.96. The molecule has 2 fully saturated rings. The van der Waals surface area contributed by atoms with Gasteiger partial charge in [0.2, 0.25) is 11.5 Å². The molecule has 4 aromatic rings. The van der Waals surface area contributed by atoms with Gasteiger partial charge in [-0.2, -0.15) is 0 Å². The lowest BCUT2D eigenvalue weighted by Gasteiger charge is -2.32. The maximum Gasteiger partial charge on any atom is 0.411 e. The summed E-state index contributed by atoms with van der Waals surface area (Å²) in [6, 6.07) is 23.8. The monoisotopic (exact) mass is 695 g/mol. The van der Waals surface area contributed by atoms with Crippen molar-refractivity contribution in [2.75, 3.05) is 44.6 Å². The number of aromatic hydroxyl groups is 1. The van der Waals surface area contributed by atoms with Gasteiger partial charge in [0, 0.05) is 56.2 Å². The van der Waals surface area contributed by atoms with Crippen molar-refractivity contribution >= 4 is 28.6 Å². The van der Waals surface area contributed by atoms with Crippen LogP contribution in [0.15, 0.2) is 83.7 Å². The van der Waals surface area contributed by atoms with Crippen molar-refractivity contribution in [2.45, 2.75) is 57.2 Å². The van der Waals surface area contributed by atoms with Crippen molar-refractivity contribution in [1.82, 2.24) is 20.5 Å². The number of carbonyl (C=O) groups is 2. The lowest BCUT2D eigenvalue weighted by Crippen LogP contribution is -2.40. The summed E-state index contributed by atoms with van der Waals surface area (Å²) < 4.78 is 5.76. The van der Waals surface area contributed by atoms with E-state index in [2.05, 4.69) is 25.8 Å². The van der Waals surface area contributed by atoms with Crippen molar-refractivity contribution < 1.29 is 24.5 Å². The van der Waals surface area contributed by atoms with Crippen molar-refractivity contribution in [3.63, 3.8) is 0 Å². The van der Waals surface area contributed by atoms with Gasteiger partial charge in [-0.05, 0) is 79.8 Å². The number of phenolic OH excluding ortho intramolecular Hbond substituents is 1. The number of aromatic nitrogens is 1. The van der Waals surface area contributed by atoms with E-state index < -0.39 is 12.2 Å². The number of benzene rings is 3. The Bertz CT molecular complexity index is 1820. The zero-order valence-corrected chi connectivity index (χ0v) is 29.0. The fourth-order valence-electron chi connectivity index (χ4n) is 7.47. The highest BCUT2D eigenvalue weighted by molar-refractivity contribution is 5.91. The second kappa shape index (κ2) is 17.5. The summed E-state index contributed by atoms with van der Waals surface area (Å²) >= 11 is 0. The molecule has 11 heteroatoms. The maximum atomic E-state index is 12.7. The summed E-state index contributed by atoms with van der Waals surface area (Å²) in [7, 11) is 0. The summed E-state index contributed by atoms with van der Waals surface area (Å²) in [4.78, 5) is 42.1. The van der Waals surface area contributed by atoms with Gasteiger partial charge in [0.25, 0.3) is 0 Å². The van der Waals surface area contributed by atoms with Gasteiger partial charge >= 0.3 is 6.09 Å². The average molecular weight is 696 g/mol. The molecule has 270 valence electrons. The van der Waals surface area contributed by atoms with E-state index in [0.29, 0.717) is 54.4 Å². The molecule has 6 rings (SSSR count). The first-order chi connectivity index (χ1) is 24.8. The largest absolute Gasteiger partial charge is 0.506 e. The number of rotatable bonds is 13. The second-order valence-corrected chi connectivity index (χ2v) is 13.9. The van der Waals surface area contributed by atoms with Crippen LogP contribution in [0.3, 0.4) is 0 Å². The van der Waals surface area contributed by atoms with E-state index in [4.69, 9.17) is 4.74 Å². The molecule has 1 saturated heterocycles. The fraction of sp³-hybridized carbons (Fsp3) is 0.425. The smallest absolute Gasteiger partial charge is 0.411 e. The Hall–Kier alpha value is -4.71. The molecule has 2 heterocycles. The number of nitrogens with one attached hydrogen (secondary N) is 4. The molecule has 2 aliphatic rings. The van der Waals surface area contributed by atoms with Crippen LogP contribution in [0, 0.1) is 11.8 Å². The molecule has 6 N–H and O–H groups in total. The molecule has 1 aliphatic heterocycles. The van der Waals surface area contributed by atoms with Crippen LogP contribution in [0.25, 0.3) is 22.0 Å². The number of aromatic amines is 1. The molecule has 0 radical (unpaired) electrons. The van der Waals surface area contributed by atoms with Gasteiger partial charge in [0.05, 0.1) is 17.3 Å². The van der Waals surface area contributed by atoms with Crippen LogP contribution in [0.1, 0.15) is 56.6 Å². The molecule has 3 aromatic carbocycles. The number of piperidine rings is 1. The van der Waals surface area contributed by atoms with Gasteiger partial charge in [-0.15, -0.1) is 0 Å². The molecule has 3 atom stereocenters. The van der Waals surface area contributed by atoms with Gasteiger partial charge in [0.1, 0.15) is 11.9 Å². The third-order valence-corrected chi connectivity index (χ3v) is 10.2. The van der Waals surface area contributed by atoms with Crippen molar-refractivity contribution in [2.24, 2.45) is 11.8 Å². The molecule has 1 aromatic heterocycles. The zero-order valence-electron chi connectivity index (χ0n) is 29.0. The minimum Gasteiger partial charge on any atom is -0.506 e. The first-order valence-corrected chi connectivity index (χ1v) is 18.2. The number of hydrogen-bond donors (Lipinski definition) is 6. The molecular formula is C40H49N5O6. The number of aliphatic hydroxyl groups excluding tert-OH is 1. The molecule has 11 nitrogen and oxygen atoms in total. The highest BCUT2D eigenvalue weighted by atomic mass is 16.6. The highest BCUT2D eigenvalue weighted by Crippen LogP contribution is 2.31. The van der Waals surface area contributed by atoms with E-state index in [1.54, 1.807) is 12.1 Å². The van der Waals surface area contributed by atoms with E-state index in [1.807, 2.05) is 54.6 Å². The van der Waals surface area contributed by atoms with E-state index >= 15 is 0 Å². The van der Waals surface area contributed by atoms with Crippen LogP contribution in [0.4, 0.5) is 10.5 Å². The van der Waals surface area contributed by atoms with Crippen LogP contribution in [0.2, 0.25) is 0 Å². The quantitative estimate of drug-likeness (QED) is 0.106. The molecule has 51 heavy (non-hydrogen) atoms. The number of H-pyrrole nitrogens is 1. The summed E-state index contributed by atoms with van der Waals surface area (Å²) in [5, 5.41) is 31.1. The zero-order chi connectivity index (χ0) is 35.6. The Kier molecular flexibility index (Phi) is 12.4. The molecule has 1 aliphatic carbocycles. The number of carbonyl (C=O) groups excluding carboxylic acids is 2. The van der Waals surface area contributed by atoms with Gasteiger partial charge in [-0.25, -0.2) is 4.79 Å². The summed E-state index contributed by atoms with van der Waals surface area (Å²) in [5.41, 5.74) is 3.36. The van der Waals surface area contributed by atoms with Crippen LogP contribution in [0.5, 0.6) is 5.75 Å². The van der Waals surface area contributed by atoms with Gasteiger partial charge < -0.3 is 35.5 Å². The van der Waals surface area contributed by atoms with Gasteiger partial charge in [-0.1, -0.05) is 61.0 Å². The number of para-hydroxylation sites is 1. The molecular weight excluding hydrogens is 646 g/mol. The minimum absolute atomic E-state index is 0.0256. The summed E-state index contributed by atoms with van der Waals surface area (Å²) in [5.74, 6) is 0.930. The molecule has 0 bridgehead atoms. The standard InChI is InChI=1S/C40H49N5O6/c46-35-15-13-32(33-14-16-38(49)44-39(33)35)36(47)26-41-24-27-7-6-8-28(23-27)25-42-37(48)19-22-45-20-17-30(18-21-45)51-40(50)43-34-12-5-4-11-31(34)29-9-2-1-3-10-29/h1-5,9-16,27-28,30,36,41,46-47H,6-8,17-26H2,(H,42,48)(H,43,50)(H,44,49). The van der Waals surface area contributed by atoms with Crippen molar-refractivity contribution in [1.29, 1.82) is 0 Å². The van der Waals surface area contributed by atoms with Crippen LogP contribution in [-0.4, -0.2) is 77.5 Å². The Morgan fingerprint density at radius 1 is 0.902 bits per heavy atom. The average Bonchev–Trinajstić information content (AvgIpc) is 3.15. The minimum atomic E-state index is -0.788. The summed E-state index contributed by atoms with van der Waals surface area (Å²) in [6.45, 7) is 4.04. The van der Waals surface area contributed by atoms with E-state index in [0.717, 1.165) is 75.0 Å². The number of phenols is 1. The lowest BCUT2D eigenvalue weighted by molar-refractivity contribution is -0.121. The second-order valence-electron chi connectivity index (χ2n) is 13.9. The predicted molar refractivity (Wildman–Crippen MR) is 199 cm³/mol. The van der Waals surface area contributed by atoms with Crippen molar-refractivity contribution in [3.05, 3.63) is 94.8 Å². The molecule has 3 unspecified atom stereocenters.